The monoisotopic (exact) mass is 257 g/mol. The standard InChI is InChI=1S/C14H12ClN3/c15-11-5-1-3-9(7-11)14-17-12-6-2-4-10(8-16)13(12)18-14/h1-7H,8,16H2,(H,17,18). The van der Waals surface area contributed by atoms with Gasteiger partial charge in [-0.15, -0.1) is 0 Å². The Kier molecular flexibility index (Phi) is 2.78. The molecule has 0 aliphatic rings. The van der Waals surface area contributed by atoms with Crippen molar-refractivity contribution in [2.24, 2.45) is 5.73 Å². The molecule has 0 aliphatic carbocycles. The summed E-state index contributed by atoms with van der Waals surface area (Å²) < 4.78 is 0. The molecule has 0 aliphatic heterocycles. The van der Waals surface area contributed by atoms with Crippen LogP contribution in [0.5, 0.6) is 0 Å². The number of imidazole rings is 1. The third-order valence-electron chi connectivity index (χ3n) is 2.91. The molecule has 0 radical (unpaired) electrons. The van der Waals surface area contributed by atoms with Gasteiger partial charge < -0.3 is 10.7 Å². The zero-order valence-electron chi connectivity index (χ0n) is 9.65. The summed E-state index contributed by atoms with van der Waals surface area (Å²) in [5.41, 5.74) is 9.65. The van der Waals surface area contributed by atoms with Crippen LogP contribution < -0.4 is 5.73 Å². The zero-order valence-corrected chi connectivity index (χ0v) is 10.4. The molecule has 2 aromatic carbocycles. The molecule has 0 atom stereocenters. The van der Waals surface area contributed by atoms with E-state index in [1.54, 1.807) is 0 Å². The van der Waals surface area contributed by atoms with Crippen molar-refractivity contribution in [2.75, 3.05) is 0 Å². The van der Waals surface area contributed by atoms with Crippen molar-refractivity contribution in [1.29, 1.82) is 0 Å². The fraction of sp³-hybridized carbons (Fsp3) is 0.0714. The Labute approximate surface area is 110 Å². The van der Waals surface area contributed by atoms with Crippen LogP contribution in [0.2, 0.25) is 5.02 Å². The topological polar surface area (TPSA) is 54.7 Å². The molecule has 3 rings (SSSR count). The summed E-state index contributed by atoms with van der Waals surface area (Å²) in [6, 6.07) is 13.6. The molecule has 3 nitrogen and oxygen atoms in total. The lowest BCUT2D eigenvalue weighted by Crippen LogP contribution is -1.96. The van der Waals surface area contributed by atoms with Crippen molar-refractivity contribution >= 4 is 22.6 Å². The maximum atomic E-state index is 5.99. The predicted octanol–water partition coefficient (Wildman–Crippen LogP) is 3.34. The summed E-state index contributed by atoms with van der Waals surface area (Å²) in [5.74, 6) is 0.813. The number of benzene rings is 2. The van der Waals surface area contributed by atoms with Gasteiger partial charge in [0.15, 0.2) is 0 Å². The zero-order chi connectivity index (χ0) is 12.5. The smallest absolute Gasteiger partial charge is 0.138 e. The number of aromatic nitrogens is 2. The molecule has 0 bridgehead atoms. The SMILES string of the molecule is NCc1cccc2[nH]c(-c3cccc(Cl)c3)nc12. The van der Waals surface area contributed by atoms with Gasteiger partial charge in [0.05, 0.1) is 11.0 Å². The van der Waals surface area contributed by atoms with Crippen molar-refractivity contribution < 1.29 is 0 Å². The quantitative estimate of drug-likeness (QED) is 0.740. The molecule has 0 fully saturated rings. The van der Waals surface area contributed by atoms with E-state index in [1.165, 1.54) is 0 Å². The lowest BCUT2D eigenvalue weighted by atomic mass is 10.2. The van der Waals surface area contributed by atoms with Crippen molar-refractivity contribution in [3.8, 4) is 11.4 Å². The Hall–Kier alpha value is -1.84. The number of fused-ring (bicyclic) bond motifs is 1. The van der Waals surface area contributed by atoms with Gasteiger partial charge in [-0.05, 0) is 23.8 Å². The second-order valence-electron chi connectivity index (χ2n) is 4.11. The maximum Gasteiger partial charge on any atom is 0.138 e. The van der Waals surface area contributed by atoms with Gasteiger partial charge in [0.25, 0.3) is 0 Å². The third kappa shape index (κ3) is 1.88. The van der Waals surface area contributed by atoms with Crippen LogP contribution in [0.1, 0.15) is 5.56 Å². The Morgan fingerprint density at radius 3 is 2.78 bits per heavy atom. The van der Waals surface area contributed by atoms with E-state index in [4.69, 9.17) is 17.3 Å². The minimum absolute atomic E-state index is 0.483. The highest BCUT2D eigenvalue weighted by Crippen LogP contribution is 2.24. The van der Waals surface area contributed by atoms with Gasteiger partial charge in [0, 0.05) is 17.1 Å². The highest BCUT2D eigenvalue weighted by molar-refractivity contribution is 6.30. The van der Waals surface area contributed by atoms with Crippen LogP contribution in [0.25, 0.3) is 22.4 Å². The summed E-state index contributed by atoms with van der Waals surface area (Å²) in [4.78, 5) is 7.89. The van der Waals surface area contributed by atoms with Crippen LogP contribution in [0.15, 0.2) is 42.5 Å². The number of nitrogens with one attached hydrogen (secondary N) is 1. The molecule has 0 amide bonds. The predicted molar refractivity (Wildman–Crippen MR) is 74.4 cm³/mol. The summed E-state index contributed by atoms with van der Waals surface area (Å²) in [5, 5.41) is 0.701. The van der Waals surface area contributed by atoms with Gasteiger partial charge in [0.2, 0.25) is 0 Å². The molecule has 3 aromatic rings. The van der Waals surface area contributed by atoms with Crippen molar-refractivity contribution in [2.45, 2.75) is 6.54 Å². The first-order valence-electron chi connectivity index (χ1n) is 5.71. The van der Waals surface area contributed by atoms with Crippen LogP contribution in [-0.2, 0) is 6.54 Å². The molecular formula is C14H12ClN3. The molecule has 1 heterocycles. The summed E-state index contributed by atoms with van der Waals surface area (Å²) >= 11 is 5.99. The number of nitrogens with zero attached hydrogens (tertiary/aromatic N) is 1. The number of nitrogens with two attached hydrogens (primary N) is 1. The highest BCUT2D eigenvalue weighted by Gasteiger charge is 2.08. The lowest BCUT2D eigenvalue weighted by Gasteiger charge is -1.96. The number of halogens is 1. The molecule has 90 valence electrons. The van der Waals surface area contributed by atoms with E-state index >= 15 is 0 Å². The Morgan fingerprint density at radius 1 is 1.17 bits per heavy atom. The first kappa shape index (κ1) is 11.3. The van der Waals surface area contributed by atoms with Crippen LogP contribution in [-0.4, -0.2) is 9.97 Å². The second kappa shape index (κ2) is 4.44. The minimum atomic E-state index is 0.483. The molecule has 0 spiro atoms. The molecule has 4 heteroatoms. The largest absolute Gasteiger partial charge is 0.338 e. The van der Waals surface area contributed by atoms with E-state index in [1.807, 2.05) is 42.5 Å². The molecular weight excluding hydrogens is 246 g/mol. The molecule has 0 saturated carbocycles. The minimum Gasteiger partial charge on any atom is -0.338 e. The van der Waals surface area contributed by atoms with Gasteiger partial charge in [-0.2, -0.15) is 0 Å². The van der Waals surface area contributed by atoms with Crippen LogP contribution >= 0.6 is 11.6 Å². The Bertz CT molecular complexity index is 703. The van der Waals surface area contributed by atoms with Gasteiger partial charge in [0.1, 0.15) is 5.82 Å². The molecule has 0 unspecified atom stereocenters. The van der Waals surface area contributed by atoms with Gasteiger partial charge in [-0.1, -0.05) is 35.9 Å². The number of aromatic amines is 1. The second-order valence-corrected chi connectivity index (χ2v) is 4.55. The van der Waals surface area contributed by atoms with Crippen LogP contribution in [0, 0.1) is 0 Å². The average molecular weight is 258 g/mol. The maximum absolute atomic E-state index is 5.99. The number of para-hydroxylation sites is 1. The van der Waals surface area contributed by atoms with E-state index in [0.29, 0.717) is 11.6 Å². The van der Waals surface area contributed by atoms with Crippen molar-refractivity contribution in [3.05, 3.63) is 53.1 Å². The van der Waals surface area contributed by atoms with E-state index in [9.17, 15) is 0 Å². The van der Waals surface area contributed by atoms with Gasteiger partial charge >= 0.3 is 0 Å². The number of hydrogen-bond acceptors (Lipinski definition) is 2. The molecule has 1 aromatic heterocycles. The molecule has 3 N–H and O–H groups in total. The van der Waals surface area contributed by atoms with Crippen LogP contribution in [0.4, 0.5) is 0 Å². The Morgan fingerprint density at radius 2 is 2.00 bits per heavy atom. The van der Waals surface area contributed by atoms with E-state index in [0.717, 1.165) is 28.0 Å². The first-order valence-corrected chi connectivity index (χ1v) is 6.09. The van der Waals surface area contributed by atoms with Gasteiger partial charge in [-0.3, -0.25) is 0 Å². The van der Waals surface area contributed by atoms with Crippen LogP contribution in [0.3, 0.4) is 0 Å². The first-order chi connectivity index (χ1) is 8.78. The summed E-state index contributed by atoms with van der Waals surface area (Å²) in [6.07, 6.45) is 0. The fourth-order valence-corrected chi connectivity index (χ4v) is 2.22. The molecule has 0 saturated heterocycles. The van der Waals surface area contributed by atoms with Crippen molar-refractivity contribution in [1.82, 2.24) is 9.97 Å². The van der Waals surface area contributed by atoms with E-state index < -0.39 is 0 Å². The Balaban J connectivity index is 2.19. The van der Waals surface area contributed by atoms with E-state index in [2.05, 4.69) is 9.97 Å². The lowest BCUT2D eigenvalue weighted by molar-refractivity contribution is 1.08. The van der Waals surface area contributed by atoms with E-state index in [-0.39, 0.29) is 0 Å². The third-order valence-corrected chi connectivity index (χ3v) is 3.15. The fourth-order valence-electron chi connectivity index (χ4n) is 2.03. The normalized spacial score (nSPS) is 11.0. The highest BCUT2D eigenvalue weighted by atomic mass is 35.5. The number of rotatable bonds is 2. The molecule has 18 heavy (non-hydrogen) atoms. The van der Waals surface area contributed by atoms with Gasteiger partial charge in [-0.25, -0.2) is 4.98 Å². The number of H-pyrrole nitrogens is 1. The number of hydrogen-bond donors (Lipinski definition) is 2. The summed E-state index contributed by atoms with van der Waals surface area (Å²) in [7, 11) is 0. The average Bonchev–Trinajstić information content (AvgIpc) is 2.82. The summed E-state index contributed by atoms with van der Waals surface area (Å²) in [6.45, 7) is 0.483. The van der Waals surface area contributed by atoms with Crippen molar-refractivity contribution in [3.63, 3.8) is 0 Å².